The first-order valence-electron chi connectivity index (χ1n) is 11.1. The smallest absolute Gasteiger partial charge is 0.421 e. The van der Waals surface area contributed by atoms with Gasteiger partial charge in [-0.05, 0) is 24.5 Å². The molecule has 1 unspecified atom stereocenters. The Morgan fingerprint density at radius 3 is 2.36 bits per heavy atom. The number of hydrazine groups is 1. The van der Waals surface area contributed by atoms with Crippen molar-refractivity contribution in [3.63, 3.8) is 0 Å². The normalized spacial score (nSPS) is 12.2. The third kappa shape index (κ3) is 8.56. The van der Waals surface area contributed by atoms with Crippen LogP contribution < -0.4 is 15.6 Å². The van der Waals surface area contributed by atoms with Crippen LogP contribution in [-0.2, 0) is 22.3 Å². The zero-order valence-electron chi connectivity index (χ0n) is 20.2. The van der Waals surface area contributed by atoms with Gasteiger partial charge in [0.05, 0.1) is 18.1 Å². The Morgan fingerprint density at radius 2 is 1.79 bits per heavy atom. The summed E-state index contributed by atoms with van der Waals surface area (Å²) in [7, 11) is 0. The summed E-state index contributed by atoms with van der Waals surface area (Å²) in [4.78, 5) is 38.5. The lowest BCUT2D eigenvalue weighted by atomic mass is 10.1. The summed E-state index contributed by atoms with van der Waals surface area (Å²) in [5, 5.41) is 11.4. The maximum atomic E-state index is 14.3. The van der Waals surface area contributed by atoms with Gasteiger partial charge in [-0.25, -0.2) is 4.98 Å². The molecule has 0 saturated carbocycles. The van der Waals surface area contributed by atoms with Crippen LogP contribution >= 0.6 is 0 Å². The van der Waals surface area contributed by atoms with E-state index < -0.39 is 64.4 Å². The molecule has 0 saturated heterocycles. The predicted octanol–water partition coefficient (Wildman–Crippen LogP) is 4.52. The van der Waals surface area contributed by atoms with E-state index in [4.69, 9.17) is 9.47 Å². The second kappa shape index (κ2) is 13.4. The highest BCUT2D eigenvalue weighted by molar-refractivity contribution is 5.97. The van der Waals surface area contributed by atoms with Crippen LogP contribution in [0.5, 0.6) is 5.88 Å². The molecular weight excluding hydrogens is 535 g/mol. The lowest BCUT2D eigenvalue weighted by Gasteiger charge is -2.23. The van der Waals surface area contributed by atoms with Crippen LogP contribution in [0.4, 0.5) is 27.6 Å². The molecule has 0 aliphatic carbocycles. The molecule has 10 nitrogen and oxygen atoms in total. The number of aromatic nitrogens is 1. The van der Waals surface area contributed by atoms with Crippen molar-refractivity contribution in [3.8, 4) is 5.88 Å². The van der Waals surface area contributed by atoms with E-state index in [-0.39, 0.29) is 25.2 Å². The Morgan fingerprint density at radius 1 is 1.13 bits per heavy atom. The fraction of sp³-hybridized carbons (Fsp3) is 0.292. The van der Waals surface area contributed by atoms with Crippen molar-refractivity contribution >= 4 is 17.5 Å². The maximum absolute atomic E-state index is 14.3. The Bertz CT molecular complexity index is 1210. The zero-order chi connectivity index (χ0) is 29.2. The van der Waals surface area contributed by atoms with E-state index in [1.807, 2.05) is 0 Å². The third-order valence-electron chi connectivity index (χ3n) is 4.89. The number of allylic oxidation sites excluding steroid dienone is 1. The van der Waals surface area contributed by atoms with Gasteiger partial charge >= 0.3 is 17.8 Å². The molecule has 0 aliphatic rings. The van der Waals surface area contributed by atoms with E-state index in [1.165, 1.54) is 18.2 Å². The van der Waals surface area contributed by atoms with Crippen molar-refractivity contribution in [1.82, 2.24) is 15.8 Å². The maximum Gasteiger partial charge on any atom is 0.421 e. The van der Waals surface area contributed by atoms with E-state index >= 15 is 0 Å². The number of halogens is 5. The summed E-state index contributed by atoms with van der Waals surface area (Å²) in [6.07, 6.45) is -5.42. The monoisotopic (exact) mass is 558 g/mol. The molecule has 1 atom stereocenters. The standard InChI is InChI=1S/C24H23F5N4O6/c1-3-5-9-12-38-22-16(24(27,28)29)13-17(33(36)37)18(30-22)20(34)31-32-21(35)19(23(25,26)4-2)39-14-15-10-7-6-8-11-15/h3-4,6-8,10-11,13,19H,1-2,5,9,12,14H2,(H,31,34)(H,32,35). The average Bonchev–Trinajstić information content (AvgIpc) is 2.89. The van der Waals surface area contributed by atoms with Crippen LogP contribution in [0.3, 0.4) is 0 Å². The number of rotatable bonds is 13. The van der Waals surface area contributed by atoms with Crippen molar-refractivity contribution in [2.75, 3.05) is 6.61 Å². The molecule has 0 fully saturated rings. The fourth-order valence-corrected chi connectivity index (χ4v) is 2.97. The third-order valence-corrected chi connectivity index (χ3v) is 4.89. The summed E-state index contributed by atoms with van der Waals surface area (Å²) >= 11 is 0. The van der Waals surface area contributed by atoms with Gasteiger partial charge in [0.2, 0.25) is 17.7 Å². The molecule has 39 heavy (non-hydrogen) atoms. The van der Waals surface area contributed by atoms with Crippen LogP contribution in [0.2, 0.25) is 0 Å². The molecule has 2 aromatic rings. The van der Waals surface area contributed by atoms with Gasteiger partial charge in [0.1, 0.15) is 5.56 Å². The summed E-state index contributed by atoms with van der Waals surface area (Å²) in [5.74, 6) is -8.21. The number of amides is 2. The average molecular weight is 558 g/mol. The highest BCUT2D eigenvalue weighted by Crippen LogP contribution is 2.38. The largest absolute Gasteiger partial charge is 0.477 e. The van der Waals surface area contributed by atoms with Crippen LogP contribution in [0.15, 0.2) is 61.7 Å². The van der Waals surface area contributed by atoms with E-state index in [9.17, 15) is 41.7 Å². The molecule has 210 valence electrons. The van der Waals surface area contributed by atoms with Gasteiger partial charge in [-0.2, -0.15) is 22.0 Å². The Hall–Kier alpha value is -4.40. The van der Waals surface area contributed by atoms with Crippen LogP contribution in [0, 0.1) is 10.1 Å². The van der Waals surface area contributed by atoms with Crippen molar-refractivity contribution in [1.29, 1.82) is 0 Å². The summed E-state index contributed by atoms with van der Waals surface area (Å²) in [6, 6.07) is 7.98. The number of hydrogen-bond donors (Lipinski definition) is 2. The SMILES string of the molecule is C=CCCCOc1nc(C(=O)NNC(=O)C(OCc2ccccc2)C(F)(F)C=C)c([N+](=O)[O-])cc1C(F)(F)F. The number of nitro groups is 1. The number of carbonyl (C=O) groups excluding carboxylic acids is 2. The minimum absolute atomic E-state index is 0.0458. The van der Waals surface area contributed by atoms with E-state index in [1.54, 1.807) is 29.1 Å². The number of pyridine rings is 1. The molecule has 0 spiro atoms. The lowest BCUT2D eigenvalue weighted by molar-refractivity contribution is -0.385. The highest BCUT2D eigenvalue weighted by Gasteiger charge is 2.44. The first kappa shape index (κ1) is 30.8. The van der Waals surface area contributed by atoms with Gasteiger partial charge < -0.3 is 9.47 Å². The summed E-state index contributed by atoms with van der Waals surface area (Å²) in [5.41, 5.74) is -0.486. The molecule has 0 aliphatic heterocycles. The Labute approximate surface area is 218 Å². The summed E-state index contributed by atoms with van der Waals surface area (Å²) in [6.45, 7) is 5.66. The topological polar surface area (TPSA) is 133 Å². The molecule has 0 radical (unpaired) electrons. The van der Waals surface area contributed by atoms with Crippen LogP contribution in [0.1, 0.15) is 34.5 Å². The minimum Gasteiger partial charge on any atom is -0.477 e. The van der Waals surface area contributed by atoms with Gasteiger partial charge in [-0.3, -0.25) is 30.6 Å². The first-order chi connectivity index (χ1) is 18.3. The molecule has 2 rings (SSSR count). The van der Waals surface area contributed by atoms with Gasteiger partial charge in [0, 0.05) is 6.07 Å². The molecule has 1 heterocycles. The van der Waals surface area contributed by atoms with Gasteiger partial charge in [-0.1, -0.05) is 43.0 Å². The first-order valence-corrected chi connectivity index (χ1v) is 11.1. The number of nitrogens with one attached hydrogen (secondary N) is 2. The van der Waals surface area contributed by atoms with E-state index in [0.717, 1.165) is 0 Å². The number of unbranched alkanes of at least 4 members (excludes halogenated alkanes) is 1. The van der Waals surface area contributed by atoms with Gasteiger partial charge in [0.25, 0.3) is 11.8 Å². The molecule has 15 heteroatoms. The zero-order valence-corrected chi connectivity index (χ0v) is 20.2. The van der Waals surface area contributed by atoms with Crippen molar-refractivity contribution < 1.29 is 45.9 Å². The summed E-state index contributed by atoms with van der Waals surface area (Å²) < 4.78 is 79.1. The number of benzene rings is 1. The van der Waals surface area contributed by atoms with Crippen LogP contribution in [0.25, 0.3) is 0 Å². The van der Waals surface area contributed by atoms with Gasteiger partial charge in [0.15, 0.2) is 0 Å². The number of carbonyl (C=O) groups is 2. The van der Waals surface area contributed by atoms with E-state index in [2.05, 4.69) is 18.1 Å². The number of alkyl halides is 5. The molecule has 1 aromatic heterocycles. The Balaban J connectivity index is 2.29. The van der Waals surface area contributed by atoms with Crippen LogP contribution in [-0.4, -0.2) is 40.4 Å². The molecular formula is C24H23F5N4O6. The lowest BCUT2D eigenvalue weighted by Crippen LogP contribution is -2.52. The number of nitrogens with zero attached hydrogens (tertiary/aromatic N) is 2. The molecule has 2 N–H and O–H groups in total. The minimum atomic E-state index is -5.13. The van der Waals surface area contributed by atoms with E-state index in [0.29, 0.717) is 12.0 Å². The second-order valence-electron chi connectivity index (χ2n) is 7.74. The van der Waals surface area contributed by atoms with Crippen molar-refractivity contribution in [3.05, 3.63) is 88.6 Å². The molecule has 0 bridgehead atoms. The Kier molecular flexibility index (Phi) is 10.6. The molecule has 2 amide bonds. The fourth-order valence-electron chi connectivity index (χ4n) is 2.97. The quantitative estimate of drug-likeness (QED) is 0.121. The predicted molar refractivity (Wildman–Crippen MR) is 127 cm³/mol. The van der Waals surface area contributed by atoms with Gasteiger partial charge in [-0.15, -0.1) is 6.58 Å². The molecule has 1 aromatic carbocycles. The van der Waals surface area contributed by atoms with Crippen molar-refractivity contribution in [2.24, 2.45) is 0 Å². The van der Waals surface area contributed by atoms with Crippen molar-refractivity contribution in [2.45, 2.75) is 37.7 Å². The highest BCUT2D eigenvalue weighted by atomic mass is 19.4. The number of ether oxygens (including phenoxy) is 2. The number of hydrogen-bond acceptors (Lipinski definition) is 7. The second-order valence-corrected chi connectivity index (χ2v) is 7.74.